The van der Waals surface area contributed by atoms with E-state index in [1.165, 1.54) is 6.33 Å². The molecule has 5 nitrogen and oxygen atoms in total. The molecule has 0 amide bonds. The Morgan fingerprint density at radius 3 is 2.73 bits per heavy atom. The molecule has 1 aromatic carbocycles. The summed E-state index contributed by atoms with van der Waals surface area (Å²) in [6.07, 6.45) is 2.97. The molecule has 0 unspecified atom stereocenters. The number of aromatic nitrogens is 3. The van der Waals surface area contributed by atoms with Gasteiger partial charge in [0.2, 0.25) is 0 Å². The predicted octanol–water partition coefficient (Wildman–Crippen LogP) is 0.601. The van der Waals surface area contributed by atoms with Gasteiger partial charge in [0, 0.05) is 0 Å². The summed E-state index contributed by atoms with van der Waals surface area (Å²) in [6, 6.07) is 9.30. The van der Waals surface area contributed by atoms with E-state index < -0.39 is 0 Å². The molecule has 0 spiro atoms. The monoisotopic (exact) mass is 201 g/mol. The molecule has 0 atom stereocenters. The smallest absolute Gasteiger partial charge is 0.293 e. The molecule has 0 bridgehead atoms. The van der Waals surface area contributed by atoms with E-state index in [9.17, 15) is 5.21 Å². The minimum atomic E-state index is 0.341. The minimum absolute atomic E-state index is 0.341. The lowest BCUT2D eigenvalue weighted by atomic mass is 10.1. The zero-order valence-corrected chi connectivity index (χ0v) is 7.95. The molecule has 1 heterocycles. The summed E-state index contributed by atoms with van der Waals surface area (Å²) >= 11 is 0. The summed E-state index contributed by atoms with van der Waals surface area (Å²) in [5.74, 6) is 0. The fourth-order valence-electron chi connectivity index (χ4n) is 1.27. The van der Waals surface area contributed by atoms with Crippen LogP contribution in [0.25, 0.3) is 0 Å². The molecular formula is C10H9N4O. The third kappa shape index (κ3) is 2.19. The van der Waals surface area contributed by atoms with Gasteiger partial charge >= 0.3 is 0 Å². The predicted molar refractivity (Wildman–Crippen MR) is 56.1 cm³/mol. The van der Waals surface area contributed by atoms with Crippen LogP contribution in [0.2, 0.25) is 0 Å². The molecule has 2 aromatic rings. The van der Waals surface area contributed by atoms with Crippen molar-refractivity contribution in [3.63, 3.8) is 0 Å². The van der Waals surface area contributed by atoms with Gasteiger partial charge in [-0.1, -0.05) is 18.2 Å². The average Bonchev–Trinajstić information content (AvgIpc) is 2.80. The van der Waals surface area contributed by atoms with Gasteiger partial charge < -0.3 is 5.21 Å². The summed E-state index contributed by atoms with van der Waals surface area (Å²) in [7, 11) is 0. The zero-order chi connectivity index (χ0) is 10.5. The Hall–Kier alpha value is -2.17. The number of hydrogen-bond acceptors (Lipinski definition) is 4. The van der Waals surface area contributed by atoms with Gasteiger partial charge in [-0.15, -0.1) is 0 Å². The molecule has 0 N–H and O–H groups in total. The van der Waals surface area contributed by atoms with Crippen LogP contribution in [-0.2, 0) is 6.54 Å². The van der Waals surface area contributed by atoms with Crippen LogP contribution >= 0.6 is 0 Å². The first kappa shape index (κ1) is 9.39. The molecular weight excluding hydrogens is 192 g/mol. The van der Waals surface area contributed by atoms with Crippen molar-refractivity contribution in [2.45, 2.75) is 6.54 Å². The Morgan fingerprint density at radius 2 is 2.13 bits per heavy atom. The number of rotatable bonds is 3. The SMILES string of the molecule is [O-][N+]=C(Cn1cncn1)c1ccccc1. The quantitative estimate of drug-likeness (QED) is 0.415. The van der Waals surface area contributed by atoms with Gasteiger partial charge in [0.25, 0.3) is 5.71 Å². The maximum absolute atomic E-state index is 10.7. The van der Waals surface area contributed by atoms with Gasteiger partial charge in [-0.25, -0.2) is 9.67 Å². The first-order valence-electron chi connectivity index (χ1n) is 4.47. The van der Waals surface area contributed by atoms with Crippen molar-refractivity contribution in [2.24, 2.45) is 0 Å². The van der Waals surface area contributed by atoms with Crippen molar-refractivity contribution >= 4 is 5.71 Å². The average molecular weight is 201 g/mol. The van der Waals surface area contributed by atoms with Gasteiger partial charge in [0.05, 0.1) is 10.7 Å². The Kier molecular flexibility index (Phi) is 2.73. The Bertz CT molecular complexity index is 436. The van der Waals surface area contributed by atoms with E-state index in [0.717, 1.165) is 5.56 Å². The molecule has 0 aliphatic heterocycles. The third-order valence-electron chi connectivity index (χ3n) is 2.00. The Morgan fingerprint density at radius 1 is 1.33 bits per heavy atom. The highest BCUT2D eigenvalue weighted by Crippen LogP contribution is 2.00. The molecule has 0 saturated carbocycles. The number of nitrogens with zero attached hydrogens (tertiary/aromatic N) is 4. The summed E-state index contributed by atoms with van der Waals surface area (Å²) in [4.78, 5) is 3.80. The highest BCUT2D eigenvalue weighted by atomic mass is 16.4. The normalized spacial score (nSPS) is 11.6. The van der Waals surface area contributed by atoms with Crippen LogP contribution in [0.4, 0.5) is 0 Å². The standard InChI is InChI=1S/C10H9N4O/c15-13-10(6-14-8-11-7-12-14)9-4-2-1-3-5-9/h1-5,7-8H,6H2. The van der Waals surface area contributed by atoms with Crippen molar-refractivity contribution in [3.05, 3.63) is 53.8 Å². The first-order chi connectivity index (χ1) is 7.40. The second-order valence-electron chi connectivity index (χ2n) is 3.00. The van der Waals surface area contributed by atoms with E-state index in [2.05, 4.69) is 15.2 Å². The van der Waals surface area contributed by atoms with E-state index in [4.69, 9.17) is 0 Å². The lowest BCUT2D eigenvalue weighted by Crippen LogP contribution is -2.15. The van der Waals surface area contributed by atoms with E-state index in [1.807, 2.05) is 30.3 Å². The van der Waals surface area contributed by atoms with Crippen LogP contribution in [0.5, 0.6) is 0 Å². The van der Waals surface area contributed by atoms with Crippen molar-refractivity contribution in [1.29, 1.82) is 0 Å². The fraction of sp³-hybridized carbons (Fsp3) is 0.100. The second kappa shape index (κ2) is 4.36. The molecule has 0 aliphatic rings. The molecule has 0 fully saturated rings. The fourth-order valence-corrected chi connectivity index (χ4v) is 1.27. The molecule has 2 rings (SSSR count). The molecule has 1 aromatic heterocycles. The summed E-state index contributed by atoms with van der Waals surface area (Å²) < 4.78 is 1.56. The van der Waals surface area contributed by atoms with Gasteiger partial charge in [-0.2, -0.15) is 5.10 Å². The highest BCUT2D eigenvalue weighted by molar-refractivity contribution is 5.99. The Balaban J connectivity index is 2.20. The summed E-state index contributed by atoms with van der Waals surface area (Å²) in [5.41, 5.74) is 1.25. The summed E-state index contributed by atoms with van der Waals surface area (Å²) in [5, 5.41) is 17.6. The molecule has 15 heavy (non-hydrogen) atoms. The van der Waals surface area contributed by atoms with Crippen LogP contribution in [-0.4, -0.2) is 20.5 Å². The van der Waals surface area contributed by atoms with Crippen molar-refractivity contribution in [2.75, 3.05) is 0 Å². The second-order valence-corrected chi connectivity index (χ2v) is 3.00. The summed E-state index contributed by atoms with van der Waals surface area (Å²) in [6.45, 7) is 0.341. The van der Waals surface area contributed by atoms with E-state index in [-0.39, 0.29) is 0 Å². The minimum Gasteiger partial charge on any atom is -0.561 e. The number of benzene rings is 1. The van der Waals surface area contributed by atoms with Crippen molar-refractivity contribution in [1.82, 2.24) is 19.9 Å². The molecule has 0 aliphatic carbocycles. The molecule has 75 valence electrons. The lowest BCUT2D eigenvalue weighted by Gasteiger charge is -1.97. The molecule has 1 radical (unpaired) electrons. The van der Waals surface area contributed by atoms with Gasteiger partial charge in [0.1, 0.15) is 19.2 Å². The van der Waals surface area contributed by atoms with Gasteiger partial charge in [0.15, 0.2) is 0 Å². The van der Waals surface area contributed by atoms with Crippen molar-refractivity contribution < 1.29 is 0 Å². The third-order valence-corrected chi connectivity index (χ3v) is 2.00. The van der Waals surface area contributed by atoms with Gasteiger partial charge in [-0.05, 0) is 12.1 Å². The van der Waals surface area contributed by atoms with Crippen LogP contribution in [0, 0.1) is 5.21 Å². The van der Waals surface area contributed by atoms with E-state index >= 15 is 0 Å². The van der Waals surface area contributed by atoms with Crippen LogP contribution in [0.3, 0.4) is 0 Å². The maximum atomic E-state index is 10.7. The van der Waals surface area contributed by atoms with Gasteiger partial charge in [-0.3, -0.25) is 0 Å². The van der Waals surface area contributed by atoms with Crippen LogP contribution < -0.4 is 5.16 Å². The Labute approximate surface area is 86.7 Å². The highest BCUT2D eigenvalue weighted by Gasteiger charge is 2.12. The largest absolute Gasteiger partial charge is 0.561 e. The van der Waals surface area contributed by atoms with E-state index in [1.54, 1.807) is 11.0 Å². The maximum Gasteiger partial charge on any atom is 0.293 e. The molecule has 0 saturated heterocycles. The van der Waals surface area contributed by atoms with Crippen molar-refractivity contribution in [3.8, 4) is 0 Å². The topological polar surface area (TPSA) is 67.9 Å². The van der Waals surface area contributed by atoms with Crippen LogP contribution in [0.15, 0.2) is 43.0 Å². The van der Waals surface area contributed by atoms with E-state index in [0.29, 0.717) is 12.3 Å². The first-order valence-corrected chi connectivity index (χ1v) is 4.47. The molecule has 5 heteroatoms. The van der Waals surface area contributed by atoms with Crippen LogP contribution in [0.1, 0.15) is 5.56 Å². The zero-order valence-electron chi connectivity index (χ0n) is 7.95. The number of hydrogen-bond donors (Lipinski definition) is 0. The lowest BCUT2D eigenvalue weighted by molar-refractivity contribution is 0.720.